The van der Waals surface area contributed by atoms with Crippen molar-refractivity contribution in [2.75, 3.05) is 32.7 Å². The SMILES string of the molecule is c1ccn(CCCN2CCNCC2)c1. The number of hydrogen-bond donors (Lipinski definition) is 1. The van der Waals surface area contributed by atoms with Gasteiger partial charge in [0, 0.05) is 45.1 Å². The van der Waals surface area contributed by atoms with E-state index in [1.165, 1.54) is 26.1 Å². The Morgan fingerprint density at radius 1 is 1.00 bits per heavy atom. The van der Waals surface area contributed by atoms with Crippen LogP contribution in [0.2, 0.25) is 0 Å². The van der Waals surface area contributed by atoms with Crippen LogP contribution in [-0.4, -0.2) is 42.2 Å². The summed E-state index contributed by atoms with van der Waals surface area (Å²) in [6.45, 7) is 7.13. The summed E-state index contributed by atoms with van der Waals surface area (Å²) in [4.78, 5) is 2.54. The van der Waals surface area contributed by atoms with Crippen LogP contribution in [0.4, 0.5) is 0 Å². The van der Waals surface area contributed by atoms with Gasteiger partial charge in [-0.2, -0.15) is 0 Å². The van der Waals surface area contributed by atoms with Gasteiger partial charge in [0.15, 0.2) is 0 Å². The first-order valence-electron chi connectivity index (χ1n) is 5.49. The van der Waals surface area contributed by atoms with E-state index in [0.29, 0.717) is 0 Å². The van der Waals surface area contributed by atoms with Crippen molar-refractivity contribution in [3.8, 4) is 0 Å². The Morgan fingerprint density at radius 2 is 1.71 bits per heavy atom. The van der Waals surface area contributed by atoms with Gasteiger partial charge in [0.25, 0.3) is 0 Å². The molecule has 1 aliphatic heterocycles. The number of aromatic nitrogens is 1. The molecule has 0 radical (unpaired) electrons. The van der Waals surface area contributed by atoms with Crippen LogP contribution >= 0.6 is 0 Å². The number of aryl methyl sites for hydroxylation is 1. The Labute approximate surface area is 85.7 Å². The smallest absolute Gasteiger partial charge is 0.0231 e. The fourth-order valence-corrected chi connectivity index (χ4v) is 1.93. The van der Waals surface area contributed by atoms with Crippen LogP contribution < -0.4 is 5.32 Å². The summed E-state index contributed by atoms with van der Waals surface area (Å²) < 4.78 is 2.25. The minimum atomic E-state index is 1.15. The van der Waals surface area contributed by atoms with E-state index in [1.54, 1.807) is 0 Å². The molecule has 0 spiro atoms. The van der Waals surface area contributed by atoms with Gasteiger partial charge in [0.1, 0.15) is 0 Å². The zero-order valence-electron chi connectivity index (χ0n) is 8.65. The average molecular weight is 193 g/mol. The van der Waals surface area contributed by atoms with E-state index in [-0.39, 0.29) is 0 Å². The van der Waals surface area contributed by atoms with Crippen molar-refractivity contribution < 1.29 is 0 Å². The van der Waals surface area contributed by atoms with Crippen molar-refractivity contribution in [1.82, 2.24) is 14.8 Å². The minimum Gasteiger partial charge on any atom is -0.354 e. The number of hydrogen-bond acceptors (Lipinski definition) is 2. The van der Waals surface area contributed by atoms with Crippen LogP contribution in [0, 0.1) is 0 Å². The van der Waals surface area contributed by atoms with Gasteiger partial charge in [0.2, 0.25) is 0 Å². The molecule has 0 unspecified atom stereocenters. The lowest BCUT2D eigenvalue weighted by molar-refractivity contribution is 0.234. The second-order valence-corrected chi connectivity index (χ2v) is 3.87. The first-order valence-corrected chi connectivity index (χ1v) is 5.49. The average Bonchev–Trinajstić information content (AvgIpc) is 2.72. The number of piperazine rings is 1. The van der Waals surface area contributed by atoms with E-state index >= 15 is 0 Å². The molecule has 0 amide bonds. The zero-order valence-corrected chi connectivity index (χ0v) is 8.65. The van der Waals surface area contributed by atoms with E-state index in [9.17, 15) is 0 Å². The fraction of sp³-hybridized carbons (Fsp3) is 0.636. The summed E-state index contributed by atoms with van der Waals surface area (Å²) >= 11 is 0. The van der Waals surface area contributed by atoms with Crippen molar-refractivity contribution >= 4 is 0 Å². The molecule has 78 valence electrons. The molecule has 0 bridgehead atoms. The summed E-state index contributed by atoms with van der Waals surface area (Å²) in [6, 6.07) is 4.18. The monoisotopic (exact) mass is 193 g/mol. The van der Waals surface area contributed by atoms with Gasteiger partial charge >= 0.3 is 0 Å². The summed E-state index contributed by atoms with van der Waals surface area (Å²) in [5.41, 5.74) is 0. The highest BCUT2D eigenvalue weighted by atomic mass is 15.2. The largest absolute Gasteiger partial charge is 0.354 e. The van der Waals surface area contributed by atoms with Crippen molar-refractivity contribution in [3.05, 3.63) is 24.5 Å². The predicted octanol–water partition coefficient (Wildman–Crippen LogP) is 0.783. The lowest BCUT2D eigenvalue weighted by Gasteiger charge is -2.27. The summed E-state index contributed by atoms with van der Waals surface area (Å²) in [6.07, 6.45) is 5.53. The van der Waals surface area contributed by atoms with E-state index in [1.807, 2.05) is 0 Å². The summed E-state index contributed by atoms with van der Waals surface area (Å²) in [7, 11) is 0. The lowest BCUT2D eigenvalue weighted by Crippen LogP contribution is -2.43. The molecular weight excluding hydrogens is 174 g/mol. The zero-order chi connectivity index (χ0) is 9.64. The highest BCUT2D eigenvalue weighted by molar-refractivity contribution is 4.90. The second kappa shape index (κ2) is 5.17. The molecule has 2 heterocycles. The molecule has 0 atom stereocenters. The van der Waals surface area contributed by atoms with Gasteiger partial charge in [-0.25, -0.2) is 0 Å². The van der Waals surface area contributed by atoms with E-state index < -0.39 is 0 Å². The van der Waals surface area contributed by atoms with Gasteiger partial charge in [0.05, 0.1) is 0 Å². The molecule has 1 aliphatic rings. The topological polar surface area (TPSA) is 20.2 Å². The van der Waals surface area contributed by atoms with Gasteiger partial charge in [-0.1, -0.05) is 0 Å². The maximum Gasteiger partial charge on any atom is 0.0231 e. The van der Waals surface area contributed by atoms with Crippen LogP contribution in [0.15, 0.2) is 24.5 Å². The molecule has 1 N–H and O–H groups in total. The Morgan fingerprint density at radius 3 is 2.43 bits per heavy atom. The molecule has 1 aromatic rings. The minimum absolute atomic E-state index is 1.15. The third-order valence-corrected chi connectivity index (χ3v) is 2.77. The van der Waals surface area contributed by atoms with Gasteiger partial charge in [-0.05, 0) is 25.1 Å². The van der Waals surface area contributed by atoms with Gasteiger partial charge < -0.3 is 14.8 Å². The van der Waals surface area contributed by atoms with Crippen LogP contribution in [0.1, 0.15) is 6.42 Å². The first-order chi connectivity index (χ1) is 6.95. The van der Waals surface area contributed by atoms with Crippen LogP contribution in [0.25, 0.3) is 0 Å². The normalized spacial score (nSPS) is 18.6. The molecule has 14 heavy (non-hydrogen) atoms. The molecular formula is C11H19N3. The van der Waals surface area contributed by atoms with Crippen LogP contribution in [0.5, 0.6) is 0 Å². The Kier molecular flexibility index (Phi) is 3.60. The van der Waals surface area contributed by atoms with E-state index in [2.05, 4.69) is 39.3 Å². The third-order valence-electron chi connectivity index (χ3n) is 2.77. The first kappa shape index (κ1) is 9.74. The fourth-order valence-electron chi connectivity index (χ4n) is 1.93. The van der Waals surface area contributed by atoms with E-state index in [0.717, 1.165) is 19.6 Å². The molecule has 1 fully saturated rings. The molecule has 2 rings (SSSR count). The lowest BCUT2D eigenvalue weighted by atomic mass is 10.3. The van der Waals surface area contributed by atoms with Crippen LogP contribution in [-0.2, 0) is 6.54 Å². The maximum absolute atomic E-state index is 3.37. The quantitative estimate of drug-likeness (QED) is 0.762. The van der Waals surface area contributed by atoms with Crippen molar-refractivity contribution in [2.24, 2.45) is 0 Å². The summed E-state index contributed by atoms with van der Waals surface area (Å²) in [5, 5.41) is 3.37. The van der Waals surface area contributed by atoms with E-state index in [4.69, 9.17) is 0 Å². The standard InChI is InChI=1S/C11H19N3/c1-2-7-13(6-1)8-3-9-14-10-4-12-5-11-14/h1-2,6-7,12H,3-5,8-11H2. The second-order valence-electron chi connectivity index (χ2n) is 3.87. The number of rotatable bonds is 4. The van der Waals surface area contributed by atoms with Crippen LogP contribution in [0.3, 0.4) is 0 Å². The highest BCUT2D eigenvalue weighted by Gasteiger charge is 2.07. The predicted molar refractivity (Wildman–Crippen MR) is 58.4 cm³/mol. The summed E-state index contributed by atoms with van der Waals surface area (Å²) in [5.74, 6) is 0. The number of nitrogens with one attached hydrogen (secondary N) is 1. The van der Waals surface area contributed by atoms with Crippen molar-refractivity contribution in [2.45, 2.75) is 13.0 Å². The maximum atomic E-state index is 3.37. The molecule has 0 aliphatic carbocycles. The Balaban J connectivity index is 1.62. The molecule has 1 aromatic heterocycles. The van der Waals surface area contributed by atoms with Crippen molar-refractivity contribution in [1.29, 1.82) is 0 Å². The third kappa shape index (κ3) is 2.86. The molecule has 3 heteroatoms. The van der Waals surface area contributed by atoms with Gasteiger partial charge in [-0.3, -0.25) is 0 Å². The number of nitrogens with zero attached hydrogens (tertiary/aromatic N) is 2. The molecule has 0 aromatic carbocycles. The molecule has 3 nitrogen and oxygen atoms in total. The van der Waals surface area contributed by atoms with Crippen molar-refractivity contribution in [3.63, 3.8) is 0 Å². The molecule has 0 saturated carbocycles. The Hall–Kier alpha value is -0.800. The van der Waals surface area contributed by atoms with Gasteiger partial charge in [-0.15, -0.1) is 0 Å². The molecule has 1 saturated heterocycles. The Bertz CT molecular complexity index is 237. The highest BCUT2D eigenvalue weighted by Crippen LogP contribution is 1.97.